The Kier molecular flexibility index (Phi) is 6.43. The van der Waals surface area contributed by atoms with Crippen LogP contribution in [0.4, 0.5) is 0 Å². The minimum Gasteiger partial charge on any atom is -0.496 e. The third-order valence-electron chi connectivity index (χ3n) is 4.22. The molecule has 0 fully saturated rings. The standard InChI is InChI=1S/C24H20O5/c1-27-21-13-7-6-12-19(21)24(26)29-23-18(11-8-14-22(23)28-2)15-16-20(25)17-9-4-3-5-10-17/h3-16H,1-2H3. The Morgan fingerprint density at radius 1 is 0.759 bits per heavy atom. The summed E-state index contributed by atoms with van der Waals surface area (Å²) in [7, 11) is 2.97. The second-order valence-electron chi connectivity index (χ2n) is 6.03. The van der Waals surface area contributed by atoms with Gasteiger partial charge in [-0.1, -0.05) is 54.6 Å². The number of hydrogen-bond acceptors (Lipinski definition) is 5. The summed E-state index contributed by atoms with van der Waals surface area (Å²) in [6.45, 7) is 0. The number of hydrogen-bond donors (Lipinski definition) is 0. The zero-order valence-corrected chi connectivity index (χ0v) is 16.1. The van der Waals surface area contributed by atoms with Gasteiger partial charge in [-0.3, -0.25) is 4.79 Å². The molecule has 0 aliphatic carbocycles. The molecule has 0 atom stereocenters. The average Bonchev–Trinajstić information content (AvgIpc) is 2.78. The molecule has 5 heteroatoms. The first-order chi connectivity index (χ1) is 14.1. The van der Waals surface area contributed by atoms with Gasteiger partial charge in [0.1, 0.15) is 11.3 Å². The van der Waals surface area contributed by atoms with Crippen molar-refractivity contribution < 1.29 is 23.8 Å². The number of carbonyl (C=O) groups excluding carboxylic acids is 2. The van der Waals surface area contributed by atoms with E-state index in [1.807, 2.05) is 6.07 Å². The molecule has 3 aromatic rings. The molecular formula is C24H20O5. The fourth-order valence-corrected chi connectivity index (χ4v) is 2.76. The van der Waals surface area contributed by atoms with Gasteiger partial charge in [0.15, 0.2) is 17.3 Å². The van der Waals surface area contributed by atoms with E-state index in [2.05, 4.69) is 0 Å². The van der Waals surface area contributed by atoms with Crippen molar-refractivity contribution in [3.63, 3.8) is 0 Å². The van der Waals surface area contributed by atoms with Gasteiger partial charge in [-0.2, -0.15) is 0 Å². The Labute approximate surface area is 169 Å². The number of ether oxygens (including phenoxy) is 3. The lowest BCUT2D eigenvalue weighted by Crippen LogP contribution is -2.11. The number of esters is 1. The maximum Gasteiger partial charge on any atom is 0.347 e. The highest BCUT2D eigenvalue weighted by molar-refractivity contribution is 6.07. The van der Waals surface area contributed by atoms with Gasteiger partial charge in [-0.15, -0.1) is 0 Å². The first kappa shape index (κ1) is 19.9. The zero-order valence-electron chi connectivity index (χ0n) is 16.1. The summed E-state index contributed by atoms with van der Waals surface area (Å²) in [6.07, 6.45) is 3.03. The van der Waals surface area contributed by atoms with Crippen LogP contribution < -0.4 is 14.2 Å². The molecule has 0 aromatic heterocycles. The summed E-state index contributed by atoms with van der Waals surface area (Å²) in [5.41, 5.74) is 1.40. The Hall–Kier alpha value is -3.86. The predicted molar refractivity (Wildman–Crippen MR) is 111 cm³/mol. The van der Waals surface area contributed by atoms with Crippen molar-refractivity contribution in [1.29, 1.82) is 0 Å². The topological polar surface area (TPSA) is 61.8 Å². The first-order valence-electron chi connectivity index (χ1n) is 8.93. The molecule has 3 aromatic carbocycles. The van der Waals surface area contributed by atoms with Crippen LogP contribution in [0.2, 0.25) is 0 Å². The van der Waals surface area contributed by atoms with E-state index >= 15 is 0 Å². The van der Waals surface area contributed by atoms with E-state index in [1.54, 1.807) is 72.8 Å². The largest absolute Gasteiger partial charge is 0.496 e. The second-order valence-corrected chi connectivity index (χ2v) is 6.03. The van der Waals surface area contributed by atoms with Crippen molar-refractivity contribution in [1.82, 2.24) is 0 Å². The highest BCUT2D eigenvalue weighted by atomic mass is 16.6. The minimum absolute atomic E-state index is 0.157. The number of ketones is 1. The third kappa shape index (κ3) is 4.71. The Morgan fingerprint density at radius 3 is 2.14 bits per heavy atom. The molecule has 0 heterocycles. The van der Waals surface area contributed by atoms with E-state index in [0.29, 0.717) is 22.6 Å². The van der Waals surface area contributed by atoms with Gasteiger partial charge < -0.3 is 14.2 Å². The van der Waals surface area contributed by atoms with Crippen LogP contribution >= 0.6 is 0 Å². The van der Waals surface area contributed by atoms with Gasteiger partial charge in [0.25, 0.3) is 0 Å². The summed E-state index contributed by atoms with van der Waals surface area (Å²) >= 11 is 0. The van der Waals surface area contributed by atoms with Crippen LogP contribution in [-0.2, 0) is 0 Å². The van der Waals surface area contributed by atoms with Crippen LogP contribution in [0.5, 0.6) is 17.2 Å². The summed E-state index contributed by atoms with van der Waals surface area (Å²) in [5, 5.41) is 0. The Bertz CT molecular complexity index is 1040. The summed E-state index contributed by atoms with van der Waals surface area (Å²) in [4.78, 5) is 25.1. The summed E-state index contributed by atoms with van der Waals surface area (Å²) < 4.78 is 16.2. The van der Waals surface area contributed by atoms with Crippen LogP contribution in [0, 0.1) is 0 Å². The van der Waals surface area contributed by atoms with E-state index < -0.39 is 5.97 Å². The summed E-state index contributed by atoms with van der Waals surface area (Å²) in [6, 6.07) is 20.9. The average molecular weight is 388 g/mol. The molecule has 0 amide bonds. The monoisotopic (exact) mass is 388 g/mol. The molecule has 0 N–H and O–H groups in total. The third-order valence-corrected chi connectivity index (χ3v) is 4.22. The quantitative estimate of drug-likeness (QED) is 0.251. The van der Waals surface area contributed by atoms with E-state index in [-0.39, 0.29) is 17.1 Å². The first-order valence-corrected chi connectivity index (χ1v) is 8.93. The smallest absolute Gasteiger partial charge is 0.347 e. The lowest BCUT2D eigenvalue weighted by atomic mass is 10.1. The number of rotatable bonds is 7. The molecule has 0 aliphatic heterocycles. The predicted octanol–water partition coefficient (Wildman–Crippen LogP) is 4.82. The number of benzene rings is 3. The molecule has 3 rings (SSSR count). The number of methoxy groups -OCH3 is 2. The fraction of sp³-hybridized carbons (Fsp3) is 0.0833. The maximum atomic E-state index is 12.7. The number of allylic oxidation sites excluding steroid dienone is 1. The molecule has 146 valence electrons. The van der Waals surface area contributed by atoms with Crippen LogP contribution in [0.1, 0.15) is 26.3 Å². The fourth-order valence-electron chi connectivity index (χ4n) is 2.76. The molecule has 0 saturated heterocycles. The molecular weight excluding hydrogens is 368 g/mol. The highest BCUT2D eigenvalue weighted by Crippen LogP contribution is 2.33. The Balaban J connectivity index is 1.91. The number of para-hydroxylation sites is 2. The van der Waals surface area contributed by atoms with E-state index in [4.69, 9.17) is 14.2 Å². The van der Waals surface area contributed by atoms with E-state index in [9.17, 15) is 9.59 Å². The van der Waals surface area contributed by atoms with Crippen molar-refractivity contribution in [2.45, 2.75) is 0 Å². The van der Waals surface area contributed by atoms with Crippen molar-refractivity contribution >= 4 is 17.8 Å². The maximum absolute atomic E-state index is 12.7. The van der Waals surface area contributed by atoms with Gasteiger partial charge in [-0.25, -0.2) is 4.79 Å². The normalized spacial score (nSPS) is 10.6. The van der Waals surface area contributed by atoms with Gasteiger partial charge >= 0.3 is 5.97 Å². The number of carbonyl (C=O) groups is 2. The molecule has 0 radical (unpaired) electrons. The van der Waals surface area contributed by atoms with Gasteiger partial charge in [-0.05, 0) is 30.4 Å². The lowest BCUT2D eigenvalue weighted by Gasteiger charge is -2.13. The molecule has 0 saturated carbocycles. The highest BCUT2D eigenvalue weighted by Gasteiger charge is 2.18. The molecule has 0 bridgehead atoms. The second kappa shape index (κ2) is 9.37. The lowest BCUT2D eigenvalue weighted by molar-refractivity contribution is 0.0725. The molecule has 0 spiro atoms. The zero-order chi connectivity index (χ0) is 20.6. The van der Waals surface area contributed by atoms with Crippen molar-refractivity contribution in [2.24, 2.45) is 0 Å². The summed E-state index contributed by atoms with van der Waals surface area (Å²) in [5.74, 6) is 0.265. The van der Waals surface area contributed by atoms with Crippen molar-refractivity contribution in [2.75, 3.05) is 14.2 Å². The van der Waals surface area contributed by atoms with E-state index in [1.165, 1.54) is 20.3 Å². The van der Waals surface area contributed by atoms with E-state index in [0.717, 1.165) is 0 Å². The molecule has 29 heavy (non-hydrogen) atoms. The van der Waals surface area contributed by atoms with Gasteiger partial charge in [0, 0.05) is 11.1 Å². The molecule has 0 aliphatic rings. The van der Waals surface area contributed by atoms with Crippen LogP contribution in [-0.4, -0.2) is 26.0 Å². The van der Waals surface area contributed by atoms with Crippen LogP contribution in [0.25, 0.3) is 6.08 Å². The Morgan fingerprint density at radius 2 is 1.41 bits per heavy atom. The van der Waals surface area contributed by atoms with Crippen LogP contribution in [0.15, 0.2) is 78.9 Å². The molecule has 5 nitrogen and oxygen atoms in total. The van der Waals surface area contributed by atoms with Crippen LogP contribution in [0.3, 0.4) is 0 Å². The minimum atomic E-state index is -0.587. The molecule has 0 unspecified atom stereocenters. The van der Waals surface area contributed by atoms with Crippen molar-refractivity contribution in [3.05, 3.63) is 95.6 Å². The van der Waals surface area contributed by atoms with Crippen molar-refractivity contribution in [3.8, 4) is 17.2 Å². The van der Waals surface area contributed by atoms with Gasteiger partial charge in [0.05, 0.1) is 14.2 Å². The SMILES string of the molecule is COc1ccccc1C(=O)Oc1c(C=CC(=O)c2ccccc2)cccc1OC. The van der Waals surface area contributed by atoms with Gasteiger partial charge in [0.2, 0.25) is 0 Å².